The molecule has 1 amide bonds. The molecule has 1 saturated carbocycles. The van der Waals surface area contributed by atoms with Crippen LogP contribution in [-0.2, 0) is 24.8 Å². The monoisotopic (exact) mass is 623 g/mol. The van der Waals surface area contributed by atoms with E-state index in [2.05, 4.69) is 10.1 Å². The predicted molar refractivity (Wildman–Crippen MR) is 167 cm³/mol. The van der Waals surface area contributed by atoms with Gasteiger partial charge in [0.1, 0.15) is 17.4 Å². The van der Waals surface area contributed by atoms with Gasteiger partial charge in [0, 0.05) is 48.1 Å². The van der Waals surface area contributed by atoms with Crippen LogP contribution in [0.25, 0.3) is 16.8 Å². The number of ether oxygens (including phenoxy) is 2. The normalized spacial score (nSPS) is 14.6. The third kappa shape index (κ3) is 6.98. The lowest BCUT2D eigenvalue weighted by Crippen LogP contribution is -2.38. The molecule has 1 aliphatic rings. The predicted octanol–water partition coefficient (Wildman–Crippen LogP) is 6.92. The number of benzene rings is 1. The fourth-order valence-corrected chi connectivity index (χ4v) is 5.30. The van der Waals surface area contributed by atoms with Crippen LogP contribution in [0, 0.1) is 24.0 Å². The zero-order valence-corrected chi connectivity index (χ0v) is 27.3. The maximum atomic E-state index is 15.3. The number of halogens is 2. The van der Waals surface area contributed by atoms with Crippen molar-refractivity contribution in [1.29, 1.82) is 0 Å². The van der Waals surface area contributed by atoms with Crippen LogP contribution in [0.2, 0.25) is 0 Å². The quantitative estimate of drug-likeness (QED) is 0.218. The van der Waals surface area contributed by atoms with E-state index in [1.54, 1.807) is 41.2 Å². The first-order valence-corrected chi connectivity index (χ1v) is 15.3. The molecule has 1 aliphatic carbocycles. The first kappa shape index (κ1) is 32.4. The van der Waals surface area contributed by atoms with Gasteiger partial charge in [-0.3, -0.25) is 9.58 Å². The highest BCUT2D eigenvalue weighted by molar-refractivity contribution is 5.72. The fraction of sp³-hybridized carbons (Fsp3) is 0.500. The SMILES string of the molecule is Cc1c(CCOc2c(-c3ccc4ncc(CN(C(=O)OC(C)(C)C)C5CC5)n4c3)ccc(F)c2F)c(C(O)C(C)(C)C)nn1C. The molecule has 1 atom stereocenters. The highest BCUT2D eigenvalue weighted by Gasteiger charge is 2.36. The minimum absolute atomic E-state index is 0.0363. The lowest BCUT2D eigenvalue weighted by atomic mass is 9.85. The third-order valence-electron chi connectivity index (χ3n) is 8.06. The van der Waals surface area contributed by atoms with E-state index in [4.69, 9.17) is 9.47 Å². The van der Waals surface area contributed by atoms with Crippen LogP contribution in [0.3, 0.4) is 0 Å². The van der Waals surface area contributed by atoms with Gasteiger partial charge in [-0.2, -0.15) is 9.49 Å². The maximum absolute atomic E-state index is 15.3. The molecule has 11 heteroatoms. The van der Waals surface area contributed by atoms with Crippen molar-refractivity contribution in [3.05, 3.63) is 70.9 Å². The van der Waals surface area contributed by atoms with Crippen molar-refractivity contribution in [2.24, 2.45) is 12.5 Å². The lowest BCUT2D eigenvalue weighted by molar-refractivity contribution is 0.0214. The molecule has 0 radical (unpaired) electrons. The molecular weight excluding hydrogens is 580 g/mol. The molecule has 0 saturated heterocycles. The first-order chi connectivity index (χ1) is 21.0. The van der Waals surface area contributed by atoms with Gasteiger partial charge in [0.2, 0.25) is 5.82 Å². The number of pyridine rings is 1. The zero-order valence-electron chi connectivity index (χ0n) is 27.3. The minimum atomic E-state index is -1.08. The number of hydrogen-bond acceptors (Lipinski definition) is 6. The number of amides is 1. The molecule has 1 unspecified atom stereocenters. The van der Waals surface area contributed by atoms with E-state index in [1.165, 1.54) is 6.07 Å². The Morgan fingerprint density at radius 3 is 2.49 bits per heavy atom. The molecule has 3 aromatic heterocycles. The molecule has 0 bridgehead atoms. The van der Waals surface area contributed by atoms with Crippen molar-refractivity contribution in [2.45, 2.75) is 92.0 Å². The van der Waals surface area contributed by atoms with E-state index < -0.39 is 28.8 Å². The highest BCUT2D eigenvalue weighted by atomic mass is 19.2. The van der Waals surface area contributed by atoms with Crippen molar-refractivity contribution in [3.8, 4) is 16.9 Å². The summed E-state index contributed by atoms with van der Waals surface area (Å²) in [6.45, 7) is 13.5. The molecule has 0 spiro atoms. The summed E-state index contributed by atoms with van der Waals surface area (Å²) in [5.41, 5.74) is 3.54. The second kappa shape index (κ2) is 12.1. The number of fused-ring (bicyclic) bond motifs is 1. The fourth-order valence-electron chi connectivity index (χ4n) is 5.30. The van der Waals surface area contributed by atoms with Crippen molar-refractivity contribution in [3.63, 3.8) is 0 Å². The van der Waals surface area contributed by atoms with Gasteiger partial charge in [-0.05, 0) is 70.2 Å². The smallest absolute Gasteiger partial charge is 0.410 e. The Hall–Kier alpha value is -3.99. The van der Waals surface area contributed by atoms with Crippen LogP contribution in [-0.4, -0.2) is 53.5 Å². The van der Waals surface area contributed by atoms with Gasteiger partial charge in [-0.25, -0.2) is 14.2 Å². The van der Waals surface area contributed by atoms with Gasteiger partial charge in [0.15, 0.2) is 11.6 Å². The van der Waals surface area contributed by atoms with Crippen LogP contribution >= 0.6 is 0 Å². The number of aryl methyl sites for hydroxylation is 1. The summed E-state index contributed by atoms with van der Waals surface area (Å²) in [4.78, 5) is 19.2. The molecule has 1 aromatic carbocycles. The summed E-state index contributed by atoms with van der Waals surface area (Å²) in [6, 6.07) is 6.25. The second-order valence-electron chi connectivity index (χ2n) is 13.9. The van der Waals surface area contributed by atoms with Gasteiger partial charge in [-0.15, -0.1) is 0 Å². The van der Waals surface area contributed by atoms with Gasteiger partial charge >= 0.3 is 6.09 Å². The number of nitrogens with zero attached hydrogens (tertiary/aromatic N) is 5. The molecule has 45 heavy (non-hydrogen) atoms. The Labute approximate surface area is 262 Å². The summed E-state index contributed by atoms with van der Waals surface area (Å²) >= 11 is 0. The van der Waals surface area contributed by atoms with Crippen molar-refractivity contribution in [1.82, 2.24) is 24.1 Å². The van der Waals surface area contributed by atoms with Gasteiger partial charge in [0.25, 0.3) is 0 Å². The van der Waals surface area contributed by atoms with Crippen molar-refractivity contribution >= 4 is 11.7 Å². The Morgan fingerprint density at radius 1 is 1.13 bits per heavy atom. The number of aliphatic hydroxyl groups excluding tert-OH is 1. The Kier molecular flexibility index (Phi) is 8.70. The standard InChI is InChI=1S/C34H43F2N5O4/c1-20-24(29(38-39(20)8)31(42)33(2,3)4)15-16-44-30-25(12-13-26(35)28(30)36)21-9-14-27-37-17-23(40(27)18-21)19-41(22-10-11-22)32(43)45-34(5,6)7/h9,12-14,17-18,22,31,42H,10-11,15-16,19H2,1-8H3. The molecule has 3 heterocycles. The van der Waals surface area contributed by atoms with E-state index in [0.29, 0.717) is 35.4 Å². The lowest BCUT2D eigenvalue weighted by Gasteiger charge is -2.27. The summed E-state index contributed by atoms with van der Waals surface area (Å²) < 4.78 is 45.0. The van der Waals surface area contributed by atoms with E-state index in [9.17, 15) is 14.3 Å². The van der Waals surface area contributed by atoms with E-state index in [-0.39, 0.29) is 24.5 Å². The third-order valence-corrected chi connectivity index (χ3v) is 8.06. The van der Waals surface area contributed by atoms with Gasteiger partial charge in [-0.1, -0.05) is 20.8 Å². The highest BCUT2D eigenvalue weighted by Crippen LogP contribution is 2.37. The minimum Gasteiger partial charge on any atom is -0.489 e. The van der Waals surface area contributed by atoms with Crippen LogP contribution in [0.4, 0.5) is 13.6 Å². The molecule has 9 nitrogen and oxygen atoms in total. The zero-order chi connectivity index (χ0) is 32.8. The number of carbonyl (C=O) groups is 1. The van der Waals surface area contributed by atoms with E-state index >= 15 is 4.39 Å². The summed E-state index contributed by atoms with van der Waals surface area (Å²) in [5, 5.41) is 15.5. The molecular formula is C34H43F2N5O4. The van der Waals surface area contributed by atoms with Crippen molar-refractivity contribution in [2.75, 3.05) is 6.61 Å². The Bertz CT molecular complexity index is 1710. The Morgan fingerprint density at radius 2 is 1.84 bits per heavy atom. The molecule has 1 N–H and O–H groups in total. The second-order valence-corrected chi connectivity index (χ2v) is 13.9. The maximum Gasteiger partial charge on any atom is 0.410 e. The molecule has 1 fully saturated rings. The van der Waals surface area contributed by atoms with Crippen molar-refractivity contribution < 1.29 is 28.2 Å². The molecule has 0 aliphatic heterocycles. The first-order valence-electron chi connectivity index (χ1n) is 15.3. The van der Waals surface area contributed by atoms with Crippen LogP contribution in [0.1, 0.15) is 83.1 Å². The number of carbonyl (C=O) groups excluding carboxylic acids is 1. The summed E-state index contributed by atoms with van der Waals surface area (Å²) in [7, 11) is 1.81. The molecule has 5 rings (SSSR count). The topological polar surface area (TPSA) is 94.1 Å². The van der Waals surface area contributed by atoms with Gasteiger partial charge < -0.3 is 19.0 Å². The summed E-state index contributed by atoms with van der Waals surface area (Å²) in [6.07, 6.45) is 4.47. The molecule has 242 valence electrons. The van der Waals surface area contributed by atoms with Crippen LogP contribution < -0.4 is 4.74 Å². The van der Waals surface area contributed by atoms with Gasteiger partial charge in [0.05, 0.1) is 30.7 Å². The largest absolute Gasteiger partial charge is 0.489 e. The number of aromatic nitrogens is 4. The number of imidazole rings is 1. The molecule has 4 aromatic rings. The van der Waals surface area contributed by atoms with E-state index in [1.807, 2.05) is 52.9 Å². The summed E-state index contributed by atoms with van der Waals surface area (Å²) in [5.74, 6) is -2.30. The van der Waals surface area contributed by atoms with Crippen LogP contribution in [0.15, 0.2) is 36.7 Å². The number of aliphatic hydroxyl groups is 1. The average molecular weight is 624 g/mol. The van der Waals surface area contributed by atoms with E-state index in [0.717, 1.165) is 35.9 Å². The number of hydrogen-bond donors (Lipinski definition) is 1. The Balaban J connectivity index is 1.42. The average Bonchev–Trinajstić information content (AvgIpc) is 3.66. The number of rotatable bonds is 9. The van der Waals surface area contributed by atoms with Crippen LogP contribution in [0.5, 0.6) is 5.75 Å².